The lowest BCUT2D eigenvalue weighted by Crippen LogP contribution is -2.25. The van der Waals surface area contributed by atoms with Crippen molar-refractivity contribution >= 4 is 11.6 Å². The minimum absolute atomic E-state index is 0.0359. The van der Waals surface area contributed by atoms with Crippen molar-refractivity contribution in [3.8, 4) is 6.07 Å². The summed E-state index contributed by atoms with van der Waals surface area (Å²) in [5.41, 5.74) is -0.682. The normalized spacial score (nSPS) is 12.9. The highest BCUT2D eigenvalue weighted by Crippen LogP contribution is 2.33. The predicted molar refractivity (Wildman–Crippen MR) is 68.8 cm³/mol. The van der Waals surface area contributed by atoms with Crippen molar-refractivity contribution in [3.63, 3.8) is 0 Å². The van der Waals surface area contributed by atoms with Gasteiger partial charge in [-0.3, -0.25) is 4.79 Å². The Hall–Kier alpha value is -2.03. The van der Waals surface area contributed by atoms with Gasteiger partial charge in [-0.1, -0.05) is 19.9 Å². The number of nitrogens with one attached hydrogen (secondary N) is 1. The number of carbonyl (C=O) groups is 1. The monoisotopic (exact) mass is 284 g/mol. The Morgan fingerprint density at radius 3 is 2.40 bits per heavy atom. The van der Waals surface area contributed by atoms with Crippen LogP contribution in [0.3, 0.4) is 0 Å². The second-order valence-electron chi connectivity index (χ2n) is 4.87. The summed E-state index contributed by atoms with van der Waals surface area (Å²) in [6.07, 6.45) is -4.47. The molecule has 1 unspecified atom stereocenters. The van der Waals surface area contributed by atoms with Gasteiger partial charge in [-0.2, -0.15) is 18.4 Å². The summed E-state index contributed by atoms with van der Waals surface area (Å²) < 4.78 is 38.3. The second kappa shape index (κ2) is 5.95. The molecule has 0 heterocycles. The minimum Gasteiger partial charge on any atom is -0.325 e. The largest absolute Gasteiger partial charge is 0.416 e. The van der Waals surface area contributed by atoms with E-state index in [0.717, 1.165) is 6.07 Å². The maximum absolute atomic E-state index is 12.8. The zero-order valence-electron chi connectivity index (χ0n) is 11.4. The van der Waals surface area contributed by atoms with E-state index in [0.29, 0.717) is 0 Å². The van der Waals surface area contributed by atoms with Crippen LogP contribution in [0.4, 0.5) is 18.9 Å². The Balaban J connectivity index is 3.01. The summed E-state index contributed by atoms with van der Waals surface area (Å²) in [5, 5.41) is 11.2. The van der Waals surface area contributed by atoms with Gasteiger partial charge >= 0.3 is 6.18 Å². The van der Waals surface area contributed by atoms with Crippen molar-refractivity contribution in [2.75, 3.05) is 5.32 Å². The molecule has 0 aliphatic carbocycles. The zero-order valence-corrected chi connectivity index (χ0v) is 11.4. The SMILES string of the molecule is Cc1ccc(NC(=O)C(C#N)C(C)C)cc1C(F)(F)F. The first-order valence-electron chi connectivity index (χ1n) is 6.05. The highest BCUT2D eigenvalue weighted by Gasteiger charge is 2.32. The van der Waals surface area contributed by atoms with Gasteiger partial charge in [0.25, 0.3) is 0 Å². The van der Waals surface area contributed by atoms with E-state index in [9.17, 15) is 18.0 Å². The molecular formula is C14H15F3N2O. The summed E-state index contributed by atoms with van der Waals surface area (Å²) in [7, 11) is 0. The summed E-state index contributed by atoms with van der Waals surface area (Å²) >= 11 is 0. The number of amides is 1. The Morgan fingerprint density at radius 1 is 1.35 bits per heavy atom. The molecule has 1 amide bonds. The number of rotatable bonds is 3. The molecule has 1 aromatic rings. The van der Waals surface area contributed by atoms with E-state index in [1.54, 1.807) is 13.8 Å². The molecule has 0 spiro atoms. The van der Waals surface area contributed by atoms with E-state index in [1.165, 1.54) is 19.1 Å². The molecule has 108 valence electrons. The first-order chi connectivity index (χ1) is 9.16. The van der Waals surface area contributed by atoms with Crippen LogP contribution < -0.4 is 5.32 Å². The molecular weight excluding hydrogens is 269 g/mol. The van der Waals surface area contributed by atoms with Gasteiger partial charge in [0, 0.05) is 5.69 Å². The van der Waals surface area contributed by atoms with E-state index in [4.69, 9.17) is 5.26 Å². The molecule has 6 heteroatoms. The standard InChI is InChI=1S/C14H15F3N2O/c1-8(2)11(7-18)13(20)19-10-5-4-9(3)12(6-10)14(15,16)17/h4-6,8,11H,1-3H3,(H,19,20). The first-order valence-corrected chi connectivity index (χ1v) is 6.05. The minimum atomic E-state index is -4.47. The Labute approximate surface area is 115 Å². The van der Waals surface area contributed by atoms with Gasteiger partial charge in [0.15, 0.2) is 0 Å². The lowest BCUT2D eigenvalue weighted by molar-refractivity contribution is -0.138. The second-order valence-corrected chi connectivity index (χ2v) is 4.87. The van der Waals surface area contributed by atoms with Crippen molar-refractivity contribution in [1.29, 1.82) is 5.26 Å². The summed E-state index contributed by atoms with van der Waals surface area (Å²) in [4.78, 5) is 11.8. The molecule has 0 saturated carbocycles. The fourth-order valence-corrected chi connectivity index (χ4v) is 1.74. The molecule has 0 bridgehead atoms. The highest BCUT2D eigenvalue weighted by molar-refractivity contribution is 5.94. The smallest absolute Gasteiger partial charge is 0.325 e. The van der Waals surface area contributed by atoms with E-state index in [-0.39, 0.29) is 17.2 Å². The predicted octanol–water partition coefficient (Wildman–Crippen LogP) is 3.75. The third kappa shape index (κ3) is 3.73. The van der Waals surface area contributed by atoms with Gasteiger partial charge in [0.05, 0.1) is 11.6 Å². The number of benzene rings is 1. The highest BCUT2D eigenvalue weighted by atomic mass is 19.4. The average molecular weight is 284 g/mol. The topological polar surface area (TPSA) is 52.9 Å². The zero-order chi connectivity index (χ0) is 15.5. The van der Waals surface area contributed by atoms with Crippen molar-refractivity contribution in [3.05, 3.63) is 29.3 Å². The van der Waals surface area contributed by atoms with Crippen molar-refractivity contribution in [2.45, 2.75) is 26.9 Å². The number of anilines is 1. The number of nitrogens with zero attached hydrogens (tertiary/aromatic N) is 1. The molecule has 0 aliphatic rings. The molecule has 0 aromatic heterocycles. The van der Waals surface area contributed by atoms with Gasteiger partial charge in [0.2, 0.25) is 5.91 Å². The molecule has 1 atom stereocenters. The van der Waals surface area contributed by atoms with E-state index in [1.807, 2.05) is 6.07 Å². The lowest BCUT2D eigenvalue weighted by atomic mass is 9.96. The summed E-state index contributed by atoms with van der Waals surface area (Å²) in [6, 6.07) is 5.39. The fourth-order valence-electron chi connectivity index (χ4n) is 1.74. The molecule has 1 rings (SSSR count). The van der Waals surface area contributed by atoms with Crippen molar-refractivity contribution in [2.24, 2.45) is 11.8 Å². The molecule has 1 aromatic carbocycles. The molecule has 0 fully saturated rings. The Bertz CT molecular complexity index is 544. The molecule has 0 radical (unpaired) electrons. The van der Waals surface area contributed by atoms with Crippen LogP contribution >= 0.6 is 0 Å². The van der Waals surface area contributed by atoms with Crippen LogP contribution in [0.5, 0.6) is 0 Å². The number of aryl methyl sites for hydroxylation is 1. The van der Waals surface area contributed by atoms with Gasteiger partial charge < -0.3 is 5.32 Å². The third-order valence-electron chi connectivity index (χ3n) is 2.90. The van der Waals surface area contributed by atoms with E-state index < -0.39 is 23.6 Å². The van der Waals surface area contributed by atoms with Gasteiger partial charge in [-0.05, 0) is 30.5 Å². The molecule has 0 saturated heterocycles. The number of hydrogen-bond donors (Lipinski definition) is 1. The van der Waals surface area contributed by atoms with Gasteiger partial charge in [-0.15, -0.1) is 0 Å². The number of carbonyl (C=O) groups excluding carboxylic acids is 1. The molecule has 20 heavy (non-hydrogen) atoms. The van der Waals surface area contributed by atoms with Crippen LogP contribution in [-0.2, 0) is 11.0 Å². The molecule has 3 nitrogen and oxygen atoms in total. The third-order valence-corrected chi connectivity index (χ3v) is 2.90. The Morgan fingerprint density at radius 2 is 1.95 bits per heavy atom. The average Bonchev–Trinajstić information content (AvgIpc) is 2.30. The maximum Gasteiger partial charge on any atom is 0.416 e. The maximum atomic E-state index is 12.8. The number of nitriles is 1. The van der Waals surface area contributed by atoms with Crippen molar-refractivity contribution < 1.29 is 18.0 Å². The Kier molecular flexibility index (Phi) is 4.77. The number of halogens is 3. The van der Waals surface area contributed by atoms with Crippen LogP contribution in [0.2, 0.25) is 0 Å². The van der Waals surface area contributed by atoms with Gasteiger partial charge in [0.1, 0.15) is 5.92 Å². The molecule has 1 N–H and O–H groups in total. The van der Waals surface area contributed by atoms with E-state index >= 15 is 0 Å². The van der Waals surface area contributed by atoms with E-state index in [2.05, 4.69) is 5.32 Å². The fraction of sp³-hybridized carbons (Fsp3) is 0.429. The number of alkyl halides is 3. The first kappa shape index (κ1) is 16.0. The van der Waals surface area contributed by atoms with Gasteiger partial charge in [-0.25, -0.2) is 0 Å². The van der Waals surface area contributed by atoms with Crippen LogP contribution in [0.25, 0.3) is 0 Å². The van der Waals surface area contributed by atoms with Crippen LogP contribution in [0.15, 0.2) is 18.2 Å². The summed E-state index contributed by atoms with van der Waals surface area (Å²) in [5.74, 6) is -1.71. The van der Waals surface area contributed by atoms with Crippen molar-refractivity contribution in [1.82, 2.24) is 0 Å². The van der Waals surface area contributed by atoms with Crippen LogP contribution in [0, 0.1) is 30.1 Å². The summed E-state index contributed by atoms with van der Waals surface area (Å²) in [6.45, 7) is 4.74. The number of hydrogen-bond acceptors (Lipinski definition) is 2. The quantitative estimate of drug-likeness (QED) is 0.919. The van der Waals surface area contributed by atoms with Crippen LogP contribution in [-0.4, -0.2) is 5.91 Å². The lowest BCUT2D eigenvalue weighted by Gasteiger charge is -2.15. The molecule has 0 aliphatic heterocycles. The van der Waals surface area contributed by atoms with Crippen LogP contribution in [0.1, 0.15) is 25.0 Å².